The van der Waals surface area contributed by atoms with Crippen molar-refractivity contribution >= 4 is 57.1 Å². The molecule has 1 N–H and O–H groups in total. The number of nitrogens with one attached hydrogen (secondary N) is 1. The maximum absolute atomic E-state index is 13.2. The van der Waals surface area contributed by atoms with E-state index in [1.807, 2.05) is 20.2 Å². The molecule has 0 saturated heterocycles. The summed E-state index contributed by atoms with van der Waals surface area (Å²) in [4.78, 5) is 46.5. The lowest BCUT2D eigenvalue weighted by atomic mass is 9.85. The minimum atomic E-state index is -0.395. The second-order valence-corrected chi connectivity index (χ2v) is 11.9. The predicted octanol–water partition coefficient (Wildman–Crippen LogP) is 4.43. The van der Waals surface area contributed by atoms with Crippen molar-refractivity contribution in [2.45, 2.75) is 52.9 Å². The summed E-state index contributed by atoms with van der Waals surface area (Å²) in [6.45, 7) is 7.03. The molecule has 0 bridgehead atoms. The highest BCUT2D eigenvalue weighted by Crippen LogP contribution is 2.41. The number of fused-ring (bicyclic) bond motifs is 1. The van der Waals surface area contributed by atoms with Gasteiger partial charge in [-0.1, -0.05) is 25.1 Å². The molecule has 1 unspecified atom stereocenters. The number of amidine groups is 1. The average molecular weight is 588 g/mol. The number of amides is 2. The molecule has 1 atom stereocenters. The topological polar surface area (TPSA) is 115 Å². The lowest BCUT2D eigenvalue weighted by molar-refractivity contribution is -0.122. The molecule has 0 aromatic carbocycles. The number of anilines is 1. The molecule has 10 nitrogen and oxygen atoms in total. The van der Waals surface area contributed by atoms with Crippen LogP contribution in [0.5, 0.6) is 0 Å². The molecule has 1 aliphatic carbocycles. The van der Waals surface area contributed by atoms with Crippen LogP contribution in [0.3, 0.4) is 0 Å². The molecule has 4 rings (SSSR count). The van der Waals surface area contributed by atoms with Gasteiger partial charge in [0.1, 0.15) is 10.7 Å². The van der Waals surface area contributed by atoms with Gasteiger partial charge in [0.25, 0.3) is 5.91 Å². The second kappa shape index (κ2) is 13.6. The molecule has 2 aromatic heterocycles. The zero-order valence-electron chi connectivity index (χ0n) is 23.7. The predicted molar refractivity (Wildman–Crippen MR) is 159 cm³/mol. The summed E-state index contributed by atoms with van der Waals surface area (Å²) < 4.78 is 12.2. The van der Waals surface area contributed by atoms with Gasteiger partial charge in [-0.05, 0) is 57.1 Å². The average Bonchev–Trinajstić information content (AvgIpc) is 3.54. The van der Waals surface area contributed by atoms with Gasteiger partial charge in [0.05, 0.1) is 23.6 Å². The van der Waals surface area contributed by atoms with Crippen LogP contribution in [-0.2, 0) is 39.0 Å². The van der Waals surface area contributed by atoms with Crippen molar-refractivity contribution in [3.05, 3.63) is 39.2 Å². The van der Waals surface area contributed by atoms with E-state index in [9.17, 15) is 14.4 Å². The van der Waals surface area contributed by atoms with Crippen molar-refractivity contribution < 1.29 is 23.9 Å². The highest BCUT2D eigenvalue weighted by molar-refractivity contribution is 8.14. The van der Waals surface area contributed by atoms with Crippen LogP contribution in [-0.4, -0.2) is 70.3 Å². The van der Waals surface area contributed by atoms with Crippen LogP contribution in [0.4, 0.5) is 5.00 Å². The number of esters is 1. The monoisotopic (exact) mass is 587 g/mol. The molecule has 2 aromatic rings. The number of hydrogen-bond donors (Lipinski definition) is 1. The van der Waals surface area contributed by atoms with Crippen molar-refractivity contribution in [1.29, 1.82) is 0 Å². The molecule has 40 heavy (non-hydrogen) atoms. The zero-order valence-corrected chi connectivity index (χ0v) is 25.4. The first-order valence-electron chi connectivity index (χ1n) is 13.6. The van der Waals surface area contributed by atoms with E-state index in [-0.39, 0.29) is 24.2 Å². The molecule has 0 fully saturated rings. The third kappa shape index (κ3) is 6.84. The summed E-state index contributed by atoms with van der Waals surface area (Å²) in [7, 11) is 3.44. The van der Waals surface area contributed by atoms with Gasteiger partial charge in [-0.25, -0.2) is 9.79 Å². The first-order chi connectivity index (χ1) is 19.2. The maximum atomic E-state index is 13.2. The van der Waals surface area contributed by atoms with E-state index in [1.165, 1.54) is 23.1 Å². The number of ether oxygens (including phenoxy) is 2. The largest absolute Gasteiger partial charge is 0.462 e. The molecular weight excluding hydrogens is 550 g/mol. The Kier molecular flexibility index (Phi) is 10.2. The van der Waals surface area contributed by atoms with Crippen LogP contribution >= 0.6 is 23.1 Å². The van der Waals surface area contributed by atoms with Gasteiger partial charge in [0, 0.05) is 43.9 Å². The van der Waals surface area contributed by atoms with Crippen molar-refractivity contribution in [3.63, 3.8) is 0 Å². The van der Waals surface area contributed by atoms with Crippen LogP contribution in [0.2, 0.25) is 0 Å². The van der Waals surface area contributed by atoms with Gasteiger partial charge in [-0.2, -0.15) is 5.10 Å². The number of aliphatic imine (C=N–C) groups is 1. The number of rotatable bonds is 11. The molecule has 0 spiro atoms. The van der Waals surface area contributed by atoms with E-state index in [0.29, 0.717) is 46.9 Å². The van der Waals surface area contributed by atoms with Gasteiger partial charge in [0.2, 0.25) is 5.91 Å². The summed E-state index contributed by atoms with van der Waals surface area (Å²) in [5.74, 6) is -0.264. The SMILES string of the molecule is CCOC(=O)c1c(NC(=O)CSC2=NC(=Cc3cn(C)nc3C)C(=O)N2CCCOC)sc2c1CCC(CC)C2. The minimum Gasteiger partial charge on any atom is -0.462 e. The number of aryl methyl sites for hydroxylation is 2. The van der Waals surface area contributed by atoms with Gasteiger partial charge in [0.15, 0.2) is 5.17 Å². The third-order valence-electron chi connectivity index (χ3n) is 6.99. The van der Waals surface area contributed by atoms with Gasteiger partial charge >= 0.3 is 5.97 Å². The van der Waals surface area contributed by atoms with Crippen LogP contribution in [0.15, 0.2) is 16.9 Å². The molecule has 3 heterocycles. The van der Waals surface area contributed by atoms with Gasteiger partial charge in [-0.3, -0.25) is 19.2 Å². The fraction of sp³-hybridized carbons (Fsp3) is 0.536. The van der Waals surface area contributed by atoms with Crippen LogP contribution < -0.4 is 5.32 Å². The fourth-order valence-corrected chi connectivity index (χ4v) is 7.11. The number of carbonyl (C=O) groups excluding carboxylic acids is 3. The Balaban J connectivity index is 1.51. The van der Waals surface area contributed by atoms with E-state index in [1.54, 1.807) is 29.7 Å². The summed E-state index contributed by atoms with van der Waals surface area (Å²) >= 11 is 2.67. The summed E-state index contributed by atoms with van der Waals surface area (Å²) in [6.07, 6.45) is 8.03. The molecular formula is C28H37N5O5S2. The number of methoxy groups -OCH3 is 1. The first kappa shape index (κ1) is 30.0. The van der Waals surface area contributed by atoms with E-state index in [2.05, 4.69) is 22.3 Å². The van der Waals surface area contributed by atoms with Crippen molar-refractivity contribution in [2.75, 3.05) is 37.9 Å². The molecule has 2 aliphatic rings. The van der Waals surface area contributed by atoms with E-state index in [4.69, 9.17) is 9.47 Å². The number of thioether (sulfide) groups is 1. The smallest absolute Gasteiger partial charge is 0.341 e. The first-order valence-corrected chi connectivity index (χ1v) is 15.4. The quantitative estimate of drug-likeness (QED) is 0.235. The Bertz CT molecular complexity index is 1330. The maximum Gasteiger partial charge on any atom is 0.341 e. The summed E-state index contributed by atoms with van der Waals surface area (Å²) in [6, 6.07) is 0. The normalized spacial score (nSPS) is 17.8. The van der Waals surface area contributed by atoms with Crippen molar-refractivity contribution in [3.8, 4) is 0 Å². The zero-order chi connectivity index (χ0) is 28.8. The lowest BCUT2D eigenvalue weighted by Gasteiger charge is -2.20. The highest BCUT2D eigenvalue weighted by atomic mass is 32.2. The van der Waals surface area contributed by atoms with Crippen molar-refractivity contribution in [2.24, 2.45) is 18.0 Å². The second-order valence-electron chi connectivity index (χ2n) is 9.85. The summed E-state index contributed by atoms with van der Waals surface area (Å²) in [5, 5.41) is 8.30. The molecule has 12 heteroatoms. The van der Waals surface area contributed by atoms with Crippen LogP contribution in [0.1, 0.15) is 65.2 Å². The van der Waals surface area contributed by atoms with Crippen LogP contribution in [0, 0.1) is 12.8 Å². The van der Waals surface area contributed by atoms with E-state index >= 15 is 0 Å². The Morgan fingerprint density at radius 1 is 1.32 bits per heavy atom. The fourth-order valence-electron chi connectivity index (χ4n) is 4.91. The van der Waals surface area contributed by atoms with E-state index < -0.39 is 5.97 Å². The Hall–Kier alpha value is -2.96. The van der Waals surface area contributed by atoms with Gasteiger partial charge < -0.3 is 14.8 Å². The highest BCUT2D eigenvalue weighted by Gasteiger charge is 2.32. The summed E-state index contributed by atoms with van der Waals surface area (Å²) in [5.41, 5.74) is 3.41. The molecule has 2 amide bonds. The van der Waals surface area contributed by atoms with Crippen LogP contribution in [0.25, 0.3) is 6.08 Å². The number of hydrogen-bond acceptors (Lipinski definition) is 9. The lowest BCUT2D eigenvalue weighted by Crippen LogP contribution is -2.32. The number of thiophene rings is 1. The Labute approximate surface area is 243 Å². The third-order valence-corrected chi connectivity index (χ3v) is 9.14. The van der Waals surface area contributed by atoms with Gasteiger partial charge in [-0.15, -0.1) is 11.3 Å². The Morgan fingerprint density at radius 2 is 2.12 bits per heavy atom. The Morgan fingerprint density at radius 3 is 2.80 bits per heavy atom. The minimum absolute atomic E-state index is 0.0362. The molecule has 216 valence electrons. The molecule has 0 saturated carbocycles. The molecule has 0 radical (unpaired) electrons. The number of carbonyl (C=O) groups is 3. The number of aromatic nitrogens is 2. The standard InChI is InChI=1S/C28H37N5O5S2/c1-6-18-9-10-20-22(13-18)40-25(24(20)27(36)38-7-2)30-23(34)16-39-28-29-21(14-19-15-32(4)31-17(19)3)26(35)33(28)11-8-12-37-5/h14-15,18H,6-13,16H2,1-5H3,(H,30,34). The van der Waals surface area contributed by atoms with E-state index in [0.717, 1.165) is 47.4 Å². The molecule has 1 aliphatic heterocycles. The van der Waals surface area contributed by atoms with Crippen molar-refractivity contribution in [1.82, 2.24) is 14.7 Å². The number of nitrogens with zero attached hydrogens (tertiary/aromatic N) is 4.